The van der Waals surface area contributed by atoms with E-state index >= 15 is 0 Å². The van der Waals surface area contributed by atoms with Crippen LogP contribution in [0.4, 0.5) is 0 Å². The minimum Gasteiger partial charge on any atom is -0.463 e. The smallest absolute Gasteiger partial charge is 0.380 e. The van der Waals surface area contributed by atoms with Gasteiger partial charge in [0.2, 0.25) is 0 Å². The molecule has 0 aliphatic rings. The van der Waals surface area contributed by atoms with Gasteiger partial charge >= 0.3 is 5.97 Å². The quantitative estimate of drug-likeness (QED) is 0.449. The zero-order valence-corrected chi connectivity index (χ0v) is 8.66. The molecule has 0 fully saturated rings. The third-order valence-corrected chi connectivity index (χ3v) is 2.68. The van der Waals surface area contributed by atoms with Gasteiger partial charge in [-0.25, -0.2) is 9.78 Å². The molecule has 70 valence electrons. The first-order chi connectivity index (χ1) is 6.06. The van der Waals surface area contributed by atoms with Gasteiger partial charge in [-0.1, -0.05) is 34.5 Å². The Bertz CT molecular complexity index is 363. The molecule has 0 unspecified atom stereocenters. The Labute approximate surface area is 87.4 Å². The van der Waals surface area contributed by atoms with Gasteiger partial charge in [0, 0.05) is 0 Å². The summed E-state index contributed by atoms with van der Waals surface area (Å²) in [5, 5.41) is -0.0783. The van der Waals surface area contributed by atoms with E-state index in [4.69, 9.17) is 23.2 Å². The maximum absolute atomic E-state index is 11.2. The Morgan fingerprint density at radius 3 is 2.46 bits per heavy atom. The first kappa shape index (κ1) is 10.4. The summed E-state index contributed by atoms with van der Waals surface area (Å²) in [5.74, 6) is -1.82. The highest BCUT2D eigenvalue weighted by atomic mass is 35.5. The van der Waals surface area contributed by atoms with Crippen LogP contribution in [-0.4, -0.2) is 23.8 Å². The molecule has 4 nitrogen and oxygen atoms in total. The number of thiazole rings is 1. The fourth-order valence-corrected chi connectivity index (χ4v) is 1.91. The molecule has 13 heavy (non-hydrogen) atoms. The second-order valence-electron chi connectivity index (χ2n) is 1.91. The molecule has 0 aliphatic carbocycles. The average molecular weight is 240 g/mol. The molecular weight excluding hydrogens is 237 g/mol. The minimum absolute atomic E-state index is 0.00137. The van der Waals surface area contributed by atoms with E-state index < -0.39 is 11.8 Å². The third kappa shape index (κ3) is 2.18. The lowest BCUT2D eigenvalue weighted by molar-refractivity contribution is -0.135. The summed E-state index contributed by atoms with van der Waals surface area (Å²) in [7, 11) is 1.11. The van der Waals surface area contributed by atoms with Crippen LogP contribution in [0, 0.1) is 0 Å². The molecule has 0 radical (unpaired) electrons. The van der Waals surface area contributed by atoms with E-state index in [1.807, 2.05) is 0 Å². The van der Waals surface area contributed by atoms with Crippen molar-refractivity contribution < 1.29 is 14.3 Å². The highest BCUT2D eigenvalue weighted by molar-refractivity contribution is 7.18. The van der Waals surface area contributed by atoms with Crippen molar-refractivity contribution >= 4 is 46.3 Å². The van der Waals surface area contributed by atoms with Crippen molar-refractivity contribution in [1.29, 1.82) is 0 Å². The van der Waals surface area contributed by atoms with Crippen LogP contribution in [0.3, 0.4) is 0 Å². The maximum atomic E-state index is 11.2. The Morgan fingerprint density at radius 2 is 2.08 bits per heavy atom. The van der Waals surface area contributed by atoms with E-state index in [2.05, 4.69) is 9.72 Å². The van der Waals surface area contributed by atoms with Crippen LogP contribution < -0.4 is 0 Å². The number of ether oxygens (including phenoxy) is 1. The number of Topliss-reactive ketones (excluding diaryl/α,β-unsaturated/α-hetero) is 1. The van der Waals surface area contributed by atoms with Crippen LogP contribution in [0.1, 0.15) is 9.67 Å². The SMILES string of the molecule is COC(=O)C(=O)c1sc(Cl)nc1Cl. The van der Waals surface area contributed by atoms with Crippen molar-refractivity contribution in [2.75, 3.05) is 7.11 Å². The van der Waals surface area contributed by atoms with Crippen LogP contribution >= 0.6 is 34.5 Å². The number of halogens is 2. The summed E-state index contributed by atoms with van der Waals surface area (Å²) in [4.78, 5) is 25.5. The zero-order valence-electron chi connectivity index (χ0n) is 6.34. The Balaban J connectivity index is 3.01. The normalized spacial score (nSPS) is 9.77. The molecule has 0 aliphatic heterocycles. The van der Waals surface area contributed by atoms with Crippen molar-refractivity contribution in [1.82, 2.24) is 4.98 Å². The van der Waals surface area contributed by atoms with E-state index in [9.17, 15) is 9.59 Å². The van der Waals surface area contributed by atoms with Crippen LogP contribution in [-0.2, 0) is 9.53 Å². The van der Waals surface area contributed by atoms with Crippen LogP contribution in [0.15, 0.2) is 0 Å². The number of methoxy groups -OCH3 is 1. The molecular formula is C6H3Cl2NO3S. The van der Waals surface area contributed by atoms with Gasteiger partial charge in [-0.05, 0) is 0 Å². The summed E-state index contributed by atoms with van der Waals surface area (Å²) < 4.78 is 4.33. The van der Waals surface area contributed by atoms with Gasteiger partial charge in [0.05, 0.1) is 7.11 Å². The second kappa shape index (κ2) is 4.04. The summed E-state index contributed by atoms with van der Waals surface area (Å²) in [5.41, 5.74) is 0. The van der Waals surface area contributed by atoms with Gasteiger partial charge in [0.1, 0.15) is 4.88 Å². The van der Waals surface area contributed by atoms with E-state index in [-0.39, 0.29) is 14.5 Å². The number of hydrogen-bond donors (Lipinski definition) is 0. The first-order valence-corrected chi connectivity index (χ1v) is 4.58. The number of nitrogens with zero attached hydrogens (tertiary/aromatic N) is 1. The van der Waals surface area contributed by atoms with Gasteiger partial charge in [-0.15, -0.1) is 0 Å². The molecule has 0 spiro atoms. The number of esters is 1. The third-order valence-electron chi connectivity index (χ3n) is 1.14. The van der Waals surface area contributed by atoms with E-state index in [1.165, 1.54) is 0 Å². The standard InChI is InChI=1S/C6H3Cl2NO3S/c1-12-5(11)2(10)3-4(7)9-6(8)13-3/h1H3. The molecule has 0 atom stereocenters. The van der Waals surface area contributed by atoms with Gasteiger partial charge < -0.3 is 4.74 Å². The van der Waals surface area contributed by atoms with Crippen molar-refractivity contribution in [2.24, 2.45) is 0 Å². The first-order valence-electron chi connectivity index (χ1n) is 3.00. The number of carbonyl (C=O) groups excluding carboxylic acids is 2. The predicted octanol–water partition coefficient (Wildman–Crippen LogP) is 1.81. The summed E-state index contributed by atoms with van der Waals surface area (Å²) >= 11 is 11.8. The Kier molecular flexibility index (Phi) is 3.24. The summed E-state index contributed by atoms with van der Waals surface area (Å²) in [6.07, 6.45) is 0. The zero-order chi connectivity index (χ0) is 10.0. The molecule has 0 amide bonds. The highest BCUT2D eigenvalue weighted by Crippen LogP contribution is 2.26. The molecule has 0 aromatic carbocycles. The van der Waals surface area contributed by atoms with E-state index in [0.717, 1.165) is 18.4 Å². The Morgan fingerprint density at radius 1 is 1.46 bits per heavy atom. The highest BCUT2D eigenvalue weighted by Gasteiger charge is 2.23. The van der Waals surface area contributed by atoms with E-state index in [0.29, 0.717) is 0 Å². The number of carbonyl (C=O) groups is 2. The summed E-state index contributed by atoms with van der Waals surface area (Å²) in [6, 6.07) is 0. The average Bonchev–Trinajstić information content (AvgIpc) is 2.42. The van der Waals surface area contributed by atoms with Gasteiger partial charge in [0.25, 0.3) is 5.78 Å². The fourth-order valence-electron chi connectivity index (χ4n) is 0.603. The molecule has 1 aromatic heterocycles. The molecule has 0 bridgehead atoms. The Hall–Kier alpha value is -0.650. The minimum atomic E-state index is -0.984. The monoisotopic (exact) mass is 239 g/mol. The number of rotatable bonds is 2. The van der Waals surface area contributed by atoms with Crippen molar-refractivity contribution in [3.63, 3.8) is 0 Å². The van der Waals surface area contributed by atoms with E-state index in [1.54, 1.807) is 0 Å². The molecule has 1 aromatic rings. The van der Waals surface area contributed by atoms with Crippen molar-refractivity contribution in [3.8, 4) is 0 Å². The molecule has 0 saturated carbocycles. The van der Waals surface area contributed by atoms with Gasteiger partial charge in [-0.2, -0.15) is 0 Å². The lowest BCUT2D eigenvalue weighted by Gasteiger charge is -1.93. The maximum Gasteiger partial charge on any atom is 0.380 e. The predicted molar refractivity (Wildman–Crippen MR) is 48.5 cm³/mol. The second-order valence-corrected chi connectivity index (χ2v) is 3.85. The number of aromatic nitrogens is 1. The largest absolute Gasteiger partial charge is 0.463 e. The van der Waals surface area contributed by atoms with Crippen LogP contribution in [0.5, 0.6) is 0 Å². The van der Waals surface area contributed by atoms with Gasteiger partial charge in [-0.3, -0.25) is 4.79 Å². The van der Waals surface area contributed by atoms with Crippen LogP contribution in [0.2, 0.25) is 9.62 Å². The lowest BCUT2D eigenvalue weighted by atomic mass is 10.3. The number of ketones is 1. The van der Waals surface area contributed by atoms with Crippen LogP contribution in [0.25, 0.3) is 0 Å². The molecule has 1 rings (SSSR count). The topological polar surface area (TPSA) is 56.3 Å². The fraction of sp³-hybridized carbons (Fsp3) is 0.167. The number of hydrogen-bond acceptors (Lipinski definition) is 5. The summed E-state index contributed by atoms with van der Waals surface area (Å²) in [6.45, 7) is 0. The lowest BCUT2D eigenvalue weighted by Crippen LogP contribution is -2.14. The molecule has 7 heteroatoms. The van der Waals surface area contributed by atoms with Gasteiger partial charge in [0.15, 0.2) is 9.62 Å². The van der Waals surface area contributed by atoms with Crippen molar-refractivity contribution in [3.05, 3.63) is 14.5 Å². The molecule has 0 saturated heterocycles. The molecule has 1 heterocycles. The molecule has 0 N–H and O–H groups in total. The van der Waals surface area contributed by atoms with Crippen molar-refractivity contribution in [2.45, 2.75) is 0 Å².